The Labute approximate surface area is 111 Å². The maximum atomic E-state index is 11.8. The van der Waals surface area contributed by atoms with E-state index in [-0.39, 0.29) is 5.91 Å². The maximum absolute atomic E-state index is 11.8. The van der Waals surface area contributed by atoms with E-state index in [0.29, 0.717) is 18.8 Å². The van der Waals surface area contributed by atoms with Crippen LogP contribution in [0.15, 0.2) is 43.0 Å². The third-order valence-electron chi connectivity index (χ3n) is 2.78. The van der Waals surface area contributed by atoms with Gasteiger partial charge in [-0.1, -0.05) is 41.6 Å². The Morgan fingerprint density at radius 3 is 2.84 bits per heavy atom. The van der Waals surface area contributed by atoms with Gasteiger partial charge in [0.2, 0.25) is 0 Å². The van der Waals surface area contributed by atoms with E-state index < -0.39 is 0 Å². The molecule has 1 heterocycles. The van der Waals surface area contributed by atoms with E-state index in [1.165, 1.54) is 0 Å². The number of hydrogen-bond acceptors (Lipinski definition) is 3. The van der Waals surface area contributed by atoms with Crippen LogP contribution in [0.25, 0.3) is 0 Å². The van der Waals surface area contributed by atoms with Crippen LogP contribution in [0.5, 0.6) is 0 Å². The number of carbonyl (C=O) groups excluding carboxylic acids is 1. The molecule has 1 N–H and O–H groups in total. The number of rotatable bonds is 5. The van der Waals surface area contributed by atoms with Gasteiger partial charge in [-0.3, -0.25) is 4.79 Å². The molecule has 0 saturated carbocycles. The van der Waals surface area contributed by atoms with Gasteiger partial charge in [-0.25, -0.2) is 4.68 Å². The van der Waals surface area contributed by atoms with Crippen LogP contribution < -0.4 is 5.32 Å². The number of hydrogen-bond donors (Lipinski definition) is 1. The molecule has 0 aliphatic rings. The fraction of sp³-hybridized carbons (Fsp3) is 0.214. The zero-order valence-electron chi connectivity index (χ0n) is 10.8. The molecule has 0 fully saturated rings. The second-order valence-corrected chi connectivity index (χ2v) is 4.17. The first kappa shape index (κ1) is 13.0. The van der Waals surface area contributed by atoms with Crippen molar-refractivity contribution in [2.24, 2.45) is 0 Å². The third-order valence-corrected chi connectivity index (χ3v) is 2.78. The Balaban J connectivity index is 2.14. The van der Waals surface area contributed by atoms with Gasteiger partial charge in [0.15, 0.2) is 5.69 Å². The SMILES string of the molecule is C=CCNC(=O)c1nnn(Cc2ccccc2)c1C. The summed E-state index contributed by atoms with van der Waals surface area (Å²) in [5, 5.41) is 10.6. The molecule has 2 rings (SSSR count). The first-order chi connectivity index (χ1) is 9.22. The number of benzene rings is 1. The highest BCUT2D eigenvalue weighted by molar-refractivity contribution is 5.93. The van der Waals surface area contributed by atoms with Crippen molar-refractivity contribution in [2.45, 2.75) is 13.5 Å². The molecule has 2 aromatic rings. The summed E-state index contributed by atoms with van der Waals surface area (Å²) < 4.78 is 1.72. The molecule has 1 amide bonds. The van der Waals surface area contributed by atoms with Crippen LogP contribution in [-0.4, -0.2) is 27.4 Å². The van der Waals surface area contributed by atoms with Gasteiger partial charge in [-0.15, -0.1) is 11.7 Å². The molecule has 98 valence electrons. The summed E-state index contributed by atoms with van der Waals surface area (Å²) in [5.41, 5.74) is 2.23. The predicted octanol–water partition coefficient (Wildman–Crippen LogP) is 1.55. The average Bonchev–Trinajstić information content (AvgIpc) is 2.79. The van der Waals surface area contributed by atoms with Gasteiger partial charge in [0.25, 0.3) is 5.91 Å². The second-order valence-electron chi connectivity index (χ2n) is 4.17. The molecule has 0 unspecified atom stereocenters. The Bertz CT molecular complexity index is 574. The number of carbonyl (C=O) groups is 1. The minimum absolute atomic E-state index is 0.225. The van der Waals surface area contributed by atoms with Crippen LogP contribution in [-0.2, 0) is 6.54 Å². The van der Waals surface area contributed by atoms with E-state index in [4.69, 9.17) is 0 Å². The van der Waals surface area contributed by atoms with E-state index in [9.17, 15) is 4.79 Å². The summed E-state index contributed by atoms with van der Waals surface area (Å²) in [6.45, 7) is 6.42. The highest BCUT2D eigenvalue weighted by Gasteiger charge is 2.15. The number of aromatic nitrogens is 3. The molecular weight excluding hydrogens is 240 g/mol. The fourth-order valence-electron chi connectivity index (χ4n) is 1.73. The standard InChI is InChI=1S/C14H16N4O/c1-3-9-15-14(19)13-11(2)18(17-16-13)10-12-7-5-4-6-8-12/h3-8H,1,9-10H2,2H3,(H,15,19). The van der Waals surface area contributed by atoms with Gasteiger partial charge in [0.1, 0.15) is 0 Å². The monoisotopic (exact) mass is 256 g/mol. The molecule has 0 atom stereocenters. The van der Waals surface area contributed by atoms with E-state index >= 15 is 0 Å². The van der Waals surface area contributed by atoms with Crippen LogP contribution in [0, 0.1) is 6.92 Å². The predicted molar refractivity (Wildman–Crippen MR) is 72.8 cm³/mol. The first-order valence-electron chi connectivity index (χ1n) is 6.05. The van der Waals surface area contributed by atoms with E-state index in [1.807, 2.05) is 37.3 Å². The summed E-state index contributed by atoms with van der Waals surface area (Å²) in [6, 6.07) is 9.93. The number of amides is 1. The van der Waals surface area contributed by atoms with Gasteiger partial charge in [-0.05, 0) is 12.5 Å². The third kappa shape index (κ3) is 3.07. The summed E-state index contributed by atoms with van der Waals surface area (Å²) in [7, 11) is 0. The van der Waals surface area contributed by atoms with Crippen LogP contribution in [0.2, 0.25) is 0 Å². The average molecular weight is 256 g/mol. The van der Waals surface area contributed by atoms with Crippen LogP contribution >= 0.6 is 0 Å². The summed E-state index contributed by atoms with van der Waals surface area (Å²) in [6.07, 6.45) is 1.63. The molecule has 5 heteroatoms. The van der Waals surface area contributed by atoms with Gasteiger partial charge in [-0.2, -0.15) is 0 Å². The van der Waals surface area contributed by atoms with Crippen LogP contribution in [0.3, 0.4) is 0 Å². The van der Waals surface area contributed by atoms with Crippen molar-refractivity contribution in [3.8, 4) is 0 Å². The van der Waals surface area contributed by atoms with Crippen molar-refractivity contribution in [2.75, 3.05) is 6.54 Å². The molecule has 1 aromatic carbocycles. The summed E-state index contributed by atoms with van der Waals surface area (Å²) in [5.74, 6) is -0.225. The lowest BCUT2D eigenvalue weighted by Gasteiger charge is -2.04. The largest absolute Gasteiger partial charge is 0.347 e. The van der Waals surface area contributed by atoms with Crippen molar-refractivity contribution < 1.29 is 4.79 Å². The summed E-state index contributed by atoms with van der Waals surface area (Å²) in [4.78, 5) is 11.8. The first-order valence-corrected chi connectivity index (χ1v) is 6.05. The molecular formula is C14H16N4O. The van der Waals surface area contributed by atoms with Gasteiger partial charge in [0, 0.05) is 6.54 Å². The molecule has 0 radical (unpaired) electrons. The Kier molecular flexibility index (Phi) is 4.07. The van der Waals surface area contributed by atoms with Crippen molar-refractivity contribution in [3.05, 3.63) is 59.9 Å². The number of nitrogens with zero attached hydrogens (tertiary/aromatic N) is 3. The lowest BCUT2D eigenvalue weighted by Crippen LogP contribution is -2.24. The lowest BCUT2D eigenvalue weighted by atomic mass is 10.2. The molecule has 5 nitrogen and oxygen atoms in total. The smallest absolute Gasteiger partial charge is 0.273 e. The van der Waals surface area contributed by atoms with E-state index in [0.717, 1.165) is 11.3 Å². The molecule has 0 aliphatic heterocycles. The van der Waals surface area contributed by atoms with Gasteiger partial charge >= 0.3 is 0 Å². The number of nitrogens with one attached hydrogen (secondary N) is 1. The van der Waals surface area contributed by atoms with Crippen molar-refractivity contribution in [1.82, 2.24) is 20.3 Å². The zero-order chi connectivity index (χ0) is 13.7. The van der Waals surface area contributed by atoms with Crippen LogP contribution in [0.1, 0.15) is 21.7 Å². The molecule has 1 aromatic heterocycles. The molecule has 0 spiro atoms. The Morgan fingerprint density at radius 1 is 1.42 bits per heavy atom. The van der Waals surface area contributed by atoms with Crippen molar-refractivity contribution in [3.63, 3.8) is 0 Å². The van der Waals surface area contributed by atoms with E-state index in [1.54, 1.807) is 10.8 Å². The topological polar surface area (TPSA) is 59.8 Å². The van der Waals surface area contributed by atoms with Crippen molar-refractivity contribution >= 4 is 5.91 Å². The lowest BCUT2D eigenvalue weighted by molar-refractivity contribution is 0.0952. The fourth-order valence-corrected chi connectivity index (χ4v) is 1.73. The van der Waals surface area contributed by atoms with Crippen molar-refractivity contribution in [1.29, 1.82) is 0 Å². The molecule has 0 bridgehead atoms. The Morgan fingerprint density at radius 2 is 2.16 bits per heavy atom. The highest BCUT2D eigenvalue weighted by Crippen LogP contribution is 2.07. The minimum atomic E-state index is -0.225. The highest BCUT2D eigenvalue weighted by atomic mass is 16.2. The molecule has 19 heavy (non-hydrogen) atoms. The summed E-state index contributed by atoms with van der Waals surface area (Å²) >= 11 is 0. The molecule has 0 aliphatic carbocycles. The Hall–Kier alpha value is -2.43. The minimum Gasteiger partial charge on any atom is -0.347 e. The second kappa shape index (κ2) is 5.95. The molecule has 0 saturated heterocycles. The zero-order valence-corrected chi connectivity index (χ0v) is 10.8. The normalized spacial score (nSPS) is 10.2. The van der Waals surface area contributed by atoms with Crippen LogP contribution in [0.4, 0.5) is 0 Å². The van der Waals surface area contributed by atoms with Gasteiger partial charge in [0.05, 0.1) is 12.2 Å². The quantitative estimate of drug-likeness (QED) is 0.826. The van der Waals surface area contributed by atoms with Gasteiger partial charge < -0.3 is 5.32 Å². The van der Waals surface area contributed by atoms with E-state index in [2.05, 4.69) is 22.2 Å². The maximum Gasteiger partial charge on any atom is 0.273 e.